The van der Waals surface area contributed by atoms with Crippen molar-refractivity contribution in [2.75, 3.05) is 19.7 Å². The van der Waals surface area contributed by atoms with Crippen molar-refractivity contribution in [3.05, 3.63) is 65.5 Å². The van der Waals surface area contributed by atoms with Crippen LogP contribution < -0.4 is 10.1 Å². The van der Waals surface area contributed by atoms with E-state index in [9.17, 15) is 9.18 Å². The van der Waals surface area contributed by atoms with Crippen molar-refractivity contribution in [2.45, 2.75) is 64.5 Å². The number of amides is 2. The summed E-state index contributed by atoms with van der Waals surface area (Å²) in [5, 5.41) is 2.97. The van der Waals surface area contributed by atoms with E-state index in [1.165, 1.54) is 12.1 Å². The summed E-state index contributed by atoms with van der Waals surface area (Å²) in [6, 6.07) is 12.8. The van der Waals surface area contributed by atoms with Crippen LogP contribution in [0, 0.1) is 11.7 Å². The Balaban J connectivity index is 1.43. The molecule has 0 spiro atoms. The summed E-state index contributed by atoms with van der Waals surface area (Å²) < 4.78 is 34.7. The zero-order chi connectivity index (χ0) is 24.1. The van der Waals surface area contributed by atoms with Crippen molar-refractivity contribution in [3.63, 3.8) is 0 Å². The molecule has 0 bridgehead atoms. The predicted octanol–water partition coefficient (Wildman–Crippen LogP) is 5.15. The number of urea groups is 1. The van der Waals surface area contributed by atoms with E-state index in [0.717, 1.165) is 42.8 Å². The lowest BCUT2D eigenvalue weighted by molar-refractivity contribution is 0.0200. The Labute approximate surface area is 201 Å². The first-order valence-electron chi connectivity index (χ1n) is 12.3. The molecule has 2 heterocycles. The van der Waals surface area contributed by atoms with Crippen LogP contribution in [0.1, 0.15) is 44.2 Å². The van der Waals surface area contributed by atoms with Crippen molar-refractivity contribution in [2.24, 2.45) is 5.92 Å². The van der Waals surface area contributed by atoms with Crippen LogP contribution in [0.4, 0.5) is 13.6 Å². The first-order chi connectivity index (χ1) is 16.4. The molecule has 0 aliphatic carbocycles. The van der Waals surface area contributed by atoms with Crippen molar-refractivity contribution in [1.82, 2.24) is 15.1 Å². The number of alkyl halides is 1. The molecule has 1 N–H and O–H groups in total. The average molecular weight is 472 g/mol. The zero-order valence-corrected chi connectivity index (χ0v) is 20.1. The van der Waals surface area contributed by atoms with Gasteiger partial charge in [0.2, 0.25) is 0 Å². The van der Waals surface area contributed by atoms with E-state index in [-0.39, 0.29) is 24.4 Å². The lowest BCUT2D eigenvalue weighted by Crippen LogP contribution is -2.58. The number of hydrogen-bond acceptors (Lipinski definition) is 3. The smallest absolute Gasteiger partial charge is 0.318 e. The van der Waals surface area contributed by atoms with Gasteiger partial charge in [-0.15, -0.1) is 0 Å². The summed E-state index contributed by atoms with van der Waals surface area (Å²) in [7, 11) is 0. The maximum Gasteiger partial charge on any atom is 0.318 e. The molecule has 34 heavy (non-hydrogen) atoms. The summed E-state index contributed by atoms with van der Waals surface area (Å²) in [5.41, 5.74) is 1.72. The van der Waals surface area contributed by atoms with Crippen molar-refractivity contribution < 1.29 is 18.3 Å². The Kier molecular flexibility index (Phi) is 8.03. The summed E-state index contributed by atoms with van der Waals surface area (Å²) in [5.74, 6) is 0.912. The minimum atomic E-state index is -1.10. The van der Waals surface area contributed by atoms with Crippen LogP contribution in [-0.4, -0.2) is 53.8 Å². The van der Waals surface area contributed by atoms with Gasteiger partial charge in [0.15, 0.2) is 0 Å². The molecule has 2 aromatic rings. The van der Waals surface area contributed by atoms with E-state index in [2.05, 4.69) is 24.1 Å². The highest BCUT2D eigenvalue weighted by Gasteiger charge is 2.44. The molecular formula is C27H35F2N3O2. The van der Waals surface area contributed by atoms with Crippen LogP contribution in [-0.2, 0) is 13.1 Å². The Hall–Kier alpha value is -2.67. The number of benzene rings is 2. The van der Waals surface area contributed by atoms with E-state index in [0.29, 0.717) is 25.5 Å². The number of carbonyl (C=O) groups excluding carboxylic acids is 1. The van der Waals surface area contributed by atoms with Crippen molar-refractivity contribution in [1.29, 1.82) is 0 Å². The van der Waals surface area contributed by atoms with Crippen LogP contribution in [0.2, 0.25) is 0 Å². The first-order valence-corrected chi connectivity index (χ1v) is 12.3. The van der Waals surface area contributed by atoms with E-state index >= 15 is 4.39 Å². The maximum absolute atomic E-state index is 15.6. The molecule has 2 aliphatic heterocycles. The fourth-order valence-corrected chi connectivity index (χ4v) is 4.90. The number of rotatable bonds is 8. The van der Waals surface area contributed by atoms with Crippen molar-refractivity contribution in [3.8, 4) is 5.75 Å². The number of carbonyl (C=O) groups is 1. The van der Waals surface area contributed by atoms with Gasteiger partial charge in [-0.3, -0.25) is 4.90 Å². The van der Waals surface area contributed by atoms with Gasteiger partial charge in [0.05, 0.1) is 12.6 Å². The van der Waals surface area contributed by atoms with E-state index in [1.54, 1.807) is 17.0 Å². The van der Waals surface area contributed by atoms with Crippen LogP contribution in [0.3, 0.4) is 0 Å². The third-order valence-electron chi connectivity index (χ3n) is 6.74. The van der Waals surface area contributed by atoms with Crippen LogP contribution >= 0.6 is 0 Å². The van der Waals surface area contributed by atoms with Gasteiger partial charge < -0.3 is 15.0 Å². The Morgan fingerprint density at radius 1 is 1.09 bits per heavy atom. The second-order valence-corrected chi connectivity index (χ2v) is 9.81. The molecule has 184 valence electrons. The highest BCUT2D eigenvalue weighted by Crippen LogP contribution is 2.32. The highest BCUT2D eigenvalue weighted by molar-refractivity contribution is 5.74. The van der Waals surface area contributed by atoms with Gasteiger partial charge in [0.25, 0.3) is 0 Å². The number of piperidine rings is 1. The maximum atomic E-state index is 15.6. The molecule has 3 atom stereocenters. The third-order valence-corrected chi connectivity index (χ3v) is 6.74. The molecule has 2 fully saturated rings. The summed E-state index contributed by atoms with van der Waals surface area (Å²) in [4.78, 5) is 17.1. The Bertz CT molecular complexity index is 936. The summed E-state index contributed by atoms with van der Waals surface area (Å²) >= 11 is 0. The normalized spacial score (nSPS) is 22.4. The SMILES string of the molecule is CC(C)COc1ccc(CNC(=O)N(Cc2ccc(F)cc2)[C@@H]2CCN3CCC[C@H]3[C@@H]2F)cc1. The standard InChI is InChI=1S/C27H35F2N3O2/c1-19(2)18-34-23-11-7-20(8-12-23)16-30-27(33)32(17-21-5-9-22(28)10-6-21)25-13-15-31-14-3-4-24(31)26(25)29/h5-12,19,24-26H,3-4,13-18H2,1-2H3,(H,30,33)/t24-,25+,26-/m0/s1. The first kappa shape index (κ1) is 24.5. The van der Waals surface area contributed by atoms with Crippen LogP contribution in [0.5, 0.6) is 5.75 Å². The number of ether oxygens (including phenoxy) is 1. The number of halogens is 2. The van der Waals surface area contributed by atoms with Gasteiger partial charge in [0.1, 0.15) is 17.7 Å². The minimum Gasteiger partial charge on any atom is -0.493 e. The van der Waals surface area contributed by atoms with Gasteiger partial charge in [-0.25, -0.2) is 13.6 Å². The molecule has 0 unspecified atom stereocenters. The molecular weight excluding hydrogens is 436 g/mol. The summed E-state index contributed by atoms with van der Waals surface area (Å²) in [6.45, 7) is 7.15. The van der Waals surface area contributed by atoms with Gasteiger partial charge in [-0.1, -0.05) is 38.1 Å². The van der Waals surface area contributed by atoms with E-state index in [4.69, 9.17) is 4.74 Å². The van der Waals surface area contributed by atoms with Crippen LogP contribution in [0.25, 0.3) is 0 Å². The third kappa shape index (κ3) is 6.06. The van der Waals surface area contributed by atoms with Crippen LogP contribution in [0.15, 0.2) is 48.5 Å². The fourth-order valence-electron chi connectivity index (χ4n) is 4.90. The molecule has 5 nitrogen and oxygen atoms in total. The lowest BCUT2D eigenvalue weighted by atomic mass is 9.93. The average Bonchev–Trinajstić information content (AvgIpc) is 3.32. The van der Waals surface area contributed by atoms with Crippen molar-refractivity contribution >= 4 is 6.03 Å². The summed E-state index contributed by atoms with van der Waals surface area (Å²) in [6.07, 6.45) is 1.32. The van der Waals surface area contributed by atoms with E-state index < -0.39 is 12.2 Å². The molecule has 2 saturated heterocycles. The van der Waals surface area contributed by atoms with Gasteiger partial charge >= 0.3 is 6.03 Å². The monoisotopic (exact) mass is 471 g/mol. The largest absolute Gasteiger partial charge is 0.493 e. The zero-order valence-electron chi connectivity index (χ0n) is 20.1. The fraction of sp³-hybridized carbons (Fsp3) is 0.519. The minimum absolute atomic E-state index is 0.124. The Morgan fingerprint density at radius 2 is 1.79 bits per heavy atom. The number of nitrogens with one attached hydrogen (secondary N) is 1. The molecule has 0 aromatic heterocycles. The molecule has 2 amide bonds. The Morgan fingerprint density at radius 3 is 2.50 bits per heavy atom. The quantitative estimate of drug-likeness (QED) is 0.579. The van der Waals surface area contributed by atoms with Gasteiger partial charge in [-0.2, -0.15) is 0 Å². The van der Waals surface area contributed by atoms with E-state index in [1.807, 2.05) is 24.3 Å². The molecule has 0 saturated carbocycles. The molecule has 0 radical (unpaired) electrons. The molecule has 2 aromatic carbocycles. The molecule has 2 aliphatic rings. The van der Waals surface area contributed by atoms with Gasteiger partial charge in [-0.05, 0) is 67.1 Å². The number of fused-ring (bicyclic) bond motifs is 1. The second-order valence-electron chi connectivity index (χ2n) is 9.81. The molecule has 7 heteroatoms. The second kappa shape index (κ2) is 11.2. The topological polar surface area (TPSA) is 44.8 Å². The lowest BCUT2D eigenvalue weighted by Gasteiger charge is -2.43. The number of nitrogens with zero attached hydrogens (tertiary/aromatic N) is 2. The molecule has 4 rings (SSSR count). The predicted molar refractivity (Wildman–Crippen MR) is 129 cm³/mol. The van der Waals surface area contributed by atoms with Gasteiger partial charge in [0, 0.05) is 25.7 Å². The number of hydrogen-bond donors (Lipinski definition) is 1. The highest BCUT2D eigenvalue weighted by atomic mass is 19.1.